The van der Waals surface area contributed by atoms with Crippen molar-refractivity contribution >= 4 is 27.4 Å². The summed E-state index contributed by atoms with van der Waals surface area (Å²) in [5.74, 6) is 0.933. The van der Waals surface area contributed by atoms with Gasteiger partial charge in [-0.15, -0.1) is 0 Å². The highest BCUT2D eigenvalue weighted by Crippen LogP contribution is 2.25. The molecule has 0 spiro atoms. The number of anilines is 2. The van der Waals surface area contributed by atoms with Crippen molar-refractivity contribution < 1.29 is 17.9 Å². The van der Waals surface area contributed by atoms with E-state index in [-0.39, 0.29) is 11.8 Å². The van der Waals surface area contributed by atoms with Crippen molar-refractivity contribution in [2.45, 2.75) is 46.1 Å². The number of nitrogens with zero attached hydrogens (tertiary/aromatic N) is 1. The van der Waals surface area contributed by atoms with E-state index in [2.05, 4.69) is 17.6 Å². The highest BCUT2D eigenvalue weighted by molar-refractivity contribution is 7.89. The zero-order chi connectivity index (χ0) is 22.3. The number of sulfonamides is 1. The number of hydrogen-bond acceptors (Lipinski definition) is 4. The van der Waals surface area contributed by atoms with Crippen molar-refractivity contribution in [1.29, 1.82) is 0 Å². The van der Waals surface area contributed by atoms with Crippen molar-refractivity contribution in [3.63, 3.8) is 0 Å². The monoisotopic (exact) mass is 445 g/mol. The number of benzene rings is 2. The molecule has 0 saturated heterocycles. The van der Waals surface area contributed by atoms with E-state index >= 15 is 0 Å². The summed E-state index contributed by atoms with van der Waals surface area (Å²) in [7, 11) is -3.24. The SMILES string of the molecule is CCCCOc1ccc(NC(=O)Nc2ccc3c(c2)CN(S(=O)(=O)CCC)CC3)cc1. The quantitative estimate of drug-likeness (QED) is 0.552. The number of hydrogen-bond donors (Lipinski definition) is 2. The molecule has 31 heavy (non-hydrogen) atoms. The van der Waals surface area contributed by atoms with E-state index in [0.29, 0.717) is 43.9 Å². The van der Waals surface area contributed by atoms with E-state index in [1.165, 1.54) is 4.31 Å². The van der Waals surface area contributed by atoms with Crippen molar-refractivity contribution in [3.05, 3.63) is 53.6 Å². The van der Waals surface area contributed by atoms with Crippen LogP contribution in [0.2, 0.25) is 0 Å². The van der Waals surface area contributed by atoms with Gasteiger partial charge >= 0.3 is 6.03 Å². The Balaban J connectivity index is 1.59. The summed E-state index contributed by atoms with van der Waals surface area (Å²) in [5.41, 5.74) is 3.34. The lowest BCUT2D eigenvalue weighted by molar-refractivity contribution is 0.262. The van der Waals surface area contributed by atoms with Crippen LogP contribution in [0.1, 0.15) is 44.2 Å². The highest BCUT2D eigenvalue weighted by Gasteiger charge is 2.26. The van der Waals surface area contributed by atoms with E-state index in [1.54, 1.807) is 12.1 Å². The van der Waals surface area contributed by atoms with Gasteiger partial charge in [-0.05, 0) is 66.8 Å². The second-order valence-electron chi connectivity index (χ2n) is 7.69. The fraction of sp³-hybridized carbons (Fsp3) is 0.435. The second kappa shape index (κ2) is 10.6. The van der Waals surface area contributed by atoms with Crippen molar-refractivity contribution in [3.8, 4) is 5.75 Å². The Morgan fingerprint density at radius 1 is 1.00 bits per heavy atom. The van der Waals surface area contributed by atoms with Gasteiger partial charge in [-0.2, -0.15) is 4.31 Å². The molecular weight excluding hydrogens is 414 g/mol. The van der Waals surface area contributed by atoms with E-state index < -0.39 is 10.0 Å². The largest absolute Gasteiger partial charge is 0.494 e. The van der Waals surface area contributed by atoms with Gasteiger partial charge in [0.25, 0.3) is 0 Å². The molecule has 2 amide bonds. The maximum Gasteiger partial charge on any atom is 0.323 e. The molecule has 1 heterocycles. The molecule has 0 unspecified atom stereocenters. The van der Waals surface area contributed by atoms with Crippen LogP contribution in [0.3, 0.4) is 0 Å². The van der Waals surface area contributed by atoms with Gasteiger partial charge in [0.1, 0.15) is 5.75 Å². The first-order valence-corrected chi connectivity index (χ1v) is 12.4. The molecule has 8 heteroatoms. The first-order chi connectivity index (χ1) is 14.9. The van der Waals surface area contributed by atoms with Crippen LogP contribution in [0.5, 0.6) is 5.75 Å². The van der Waals surface area contributed by atoms with Crippen LogP contribution in [-0.2, 0) is 23.0 Å². The van der Waals surface area contributed by atoms with Crippen LogP contribution in [0.15, 0.2) is 42.5 Å². The number of fused-ring (bicyclic) bond motifs is 1. The van der Waals surface area contributed by atoms with Crippen LogP contribution >= 0.6 is 0 Å². The fourth-order valence-electron chi connectivity index (χ4n) is 3.50. The van der Waals surface area contributed by atoms with Crippen molar-refractivity contribution in [1.82, 2.24) is 4.31 Å². The number of rotatable bonds is 9. The van der Waals surface area contributed by atoms with E-state index in [0.717, 1.165) is 29.7 Å². The van der Waals surface area contributed by atoms with Gasteiger partial charge in [-0.25, -0.2) is 13.2 Å². The average molecular weight is 446 g/mol. The van der Waals surface area contributed by atoms with Gasteiger partial charge < -0.3 is 15.4 Å². The van der Waals surface area contributed by atoms with Gasteiger partial charge in [-0.3, -0.25) is 0 Å². The summed E-state index contributed by atoms with van der Waals surface area (Å²) >= 11 is 0. The number of unbranched alkanes of at least 4 members (excludes halogenated alkanes) is 1. The van der Waals surface area contributed by atoms with Crippen molar-refractivity contribution in [2.24, 2.45) is 0 Å². The molecule has 1 aliphatic heterocycles. The molecule has 0 aliphatic carbocycles. The molecule has 168 valence electrons. The first kappa shape index (κ1) is 23.1. The molecule has 3 rings (SSSR count). The predicted molar refractivity (Wildman–Crippen MR) is 124 cm³/mol. The molecule has 0 radical (unpaired) electrons. The van der Waals surface area contributed by atoms with Gasteiger partial charge in [0.05, 0.1) is 12.4 Å². The third-order valence-corrected chi connectivity index (χ3v) is 7.20. The summed E-state index contributed by atoms with van der Waals surface area (Å²) < 4.78 is 32.0. The molecule has 2 aromatic rings. The Labute approximate surface area is 184 Å². The summed E-state index contributed by atoms with van der Waals surface area (Å²) in [6.07, 6.45) is 3.36. The van der Waals surface area contributed by atoms with Crippen molar-refractivity contribution in [2.75, 3.05) is 29.5 Å². The molecule has 1 aliphatic rings. The Kier molecular flexibility index (Phi) is 7.92. The minimum absolute atomic E-state index is 0.158. The standard InChI is InChI=1S/C23H31N3O4S/c1-3-5-14-30-22-10-8-20(9-11-22)24-23(27)25-21-7-6-18-12-13-26(17-19(18)16-21)31(28,29)15-4-2/h6-11,16H,3-5,12-15,17H2,1-2H3,(H2,24,25,27). The van der Waals surface area contributed by atoms with Crippen LogP contribution in [-0.4, -0.2) is 37.7 Å². The molecule has 2 N–H and O–H groups in total. The maximum atomic E-state index is 12.4. The first-order valence-electron chi connectivity index (χ1n) is 10.8. The summed E-state index contributed by atoms with van der Waals surface area (Å²) in [5, 5.41) is 5.63. The average Bonchev–Trinajstić information content (AvgIpc) is 2.74. The highest BCUT2D eigenvalue weighted by atomic mass is 32.2. The van der Waals surface area contributed by atoms with Gasteiger partial charge in [-0.1, -0.05) is 26.3 Å². The topological polar surface area (TPSA) is 87.7 Å². The minimum Gasteiger partial charge on any atom is -0.494 e. The Hall–Kier alpha value is -2.58. The zero-order valence-electron chi connectivity index (χ0n) is 18.2. The van der Waals surface area contributed by atoms with Gasteiger partial charge in [0.15, 0.2) is 0 Å². The molecule has 0 bridgehead atoms. The predicted octanol–water partition coefficient (Wildman–Crippen LogP) is 4.61. The van der Waals surface area contributed by atoms with E-state index in [9.17, 15) is 13.2 Å². The zero-order valence-corrected chi connectivity index (χ0v) is 19.0. The number of carbonyl (C=O) groups excluding carboxylic acids is 1. The van der Waals surface area contributed by atoms with E-state index in [4.69, 9.17) is 4.74 Å². The summed E-state index contributed by atoms with van der Waals surface area (Å²) in [6, 6.07) is 12.6. The Bertz CT molecular complexity index is 990. The lowest BCUT2D eigenvalue weighted by Gasteiger charge is -2.28. The van der Waals surface area contributed by atoms with Gasteiger partial charge in [0, 0.05) is 24.5 Å². The smallest absolute Gasteiger partial charge is 0.323 e. The van der Waals surface area contributed by atoms with E-state index in [1.807, 2.05) is 37.3 Å². The molecule has 0 fully saturated rings. The molecule has 2 aromatic carbocycles. The van der Waals surface area contributed by atoms with Crippen LogP contribution in [0.4, 0.5) is 16.2 Å². The second-order valence-corrected chi connectivity index (χ2v) is 9.78. The third-order valence-electron chi connectivity index (χ3n) is 5.18. The van der Waals surface area contributed by atoms with Gasteiger partial charge in [0.2, 0.25) is 10.0 Å². The normalized spacial score (nSPS) is 14.0. The molecule has 7 nitrogen and oxygen atoms in total. The molecule has 0 saturated carbocycles. The lowest BCUT2D eigenvalue weighted by atomic mass is 10.0. The maximum absolute atomic E-state index is 12.4. The summed E-state index contributed by atoms with van der Waals surface area (Å²) in [4.78, 5) is 12.4. The number of carbonyl (C=O) groups is 1. The van der Waals surface area contributed by atoms with Crippen LogP contribution < -0.4 is 15.4 Å². The van der Waals surface area contributed by atoms with Crippen LogP contribution in [0.25, 0.3) is 0 Å². The third kappa shape index (κ3) is 6.45. The number of urea groups is 1. The van der Waals surface area contributed by atoms with Crippen LogP contribution in [0, 0.1) is 0 Å². The molecule has 0 atom stereocenters. The lowest BCUT2D eigenvalue weighted by Crippen LogP contribution is -2.37. The molecule has 0 aromatic heterocycles. The molecular formula is C23H31N3O4S. The minimum atomic E-state index is -3.24. The fourth-order valence-corrected chi connectivity index (χ4v) is 4.98. The number of ether oxygens (including phenoxy) is 1. The Morgan fingerprint density at radius 2 is 1.71 bits per heavy atom. The Morgan fingerprint density at radius 3 is 2.42 bits per heavy atom. The number of nitrogens with one attached hydrogen (secondary N) is 2. The number of amides is 2. The summed E-state index contributed by atoms with van der Waals surface area (Å²) in [6.45, 7) is 5.50.